The monoisotopic (exact) mass is 270 g/mol. The molecule has 0 saturated carbocycles. The second-order valence-corrected chi connectivity index (χ2v) is 5.10. The van der Waals surface area contributed by atoms with E-state index < -0.39 is 0 Å². The Morgan fingerprint density at radius 1 is 1.05 bits per heavy atom. The summed E-state index contributed by atoms with van der Waals surface area (Å²) < 4.78 is 1.84. The molecule has 0 aliphatic carbocycles. The quantitative estimate of drug-likeness (QED) is 0.820. The van der Waals surface area contributed by atoms with Crippen molar-refractivity contribution in [1.82, 2.24) is 4.57 Å². The minimum absolute atomic E-state index is 0.0622. The van der Waals surface area contributed by atoms with E-state index >= 15 is 0 Å². The molecule has 2 N–H and O–H groups in total. The summed E-state index contributed by atoms with van der Waals surface area (Å²) in [5.74, 6) is 0. The smallest absolute Gasteiger partial charge is 0.255 e. The van der Waals surface area contributed by atoms with E-state index in [2.05, 4.69) is 24.3 Å². The van der Waals surface area contributed by atoms with Crippen LogP contribution in [0.3, 0.4) is 0 Å². The van der Waals surface area contributed by atoms with Crippen molar-refractivity contribution in [2.75, 3.05) is 0 Å². The van der Waals surface area contributed by atoms with Gasteiger partial charge in [0.15, 0.2) is 0 Å². The van der Waals surface area contributed by atoms with Crippen LogP contribution >= 0.6 is 0 Å². The lowest BCUT2D eigenvalue weighted by atomic mass is 10.1. The van der Waals surface area contributed by atoms with Crippen molar-refractivity contribution in [2.24, 2.45) is 5.73 Å². The van der Waals surface area contributed by atoms with E-state index in [1.165, 1.54) is 5.56 Å². The fourth-order valence-corrected chi connectivity index (χ4v) is 2.39. The van der Waals surface area contributed by atoms with Crippen molar-refractivity contribution in [3.05, 3.63) is 69.6 Å². The normalized spacial score (nSPS) is 10.7. The third-order valence-electron chi connectivity index (χ3n) is 3.63. The Bertz CT molecular complexity index is 602. The molecule has 1 aromatic carbocycles. The third-order valence-corrected chi connectivity index (χ3v) is 3.63. The summed E-state index contributed by atoms with van der Waals surface area (Å²) in [6.45, 7) is 3.05. The van der Waals surface area contributed by atoms with Crippen LogP contribution in [-0.2, 0) is 19.5 Å². The van der Waals surface area contributed by atoms with E-state index in [1.54, 1.807) is 0 Å². The van der Waals surface area contributed by atoms with Gasteiger partial charge in [0.1, 0.15) is 0 Å². The van der Waals surface area contributed by atoms with Gasteiger partial charge in [-0.15, -0.1) is 0 Å². The van der Waals surface area contributed by atoms with Gasteiger partial charge in [0.05, 0.1) is 0 Å². The molecule has 0 bridgehead atoms. The van der Waals surface area contributed by atoms with Gasteiger partial charge in [0.2, 0.25) is 0 Å². The summed E-state index contributed by atoms with van der Waals surface area (Å²) in [6, 6.07) is 14.3. The summed E-state index contributed by atoms with van der Waals surface area (Å²) in [7, 11) is 0. The predicted octanol–water partition coefficient (Wildman–Crippen LogP) is 2.64. The maximum absolute atomic E-state index is 12.2. The third kappa shape index (κ3) is 3.58. The van der Waals surface area contributed by atoms with Gasteiger partial charge in [0.25, 0.3) is 5.56 Å². The van der Waals surface area contributed by atoms with Crippen LogP contribution < -0.4 is 11.3 Å². The van der Waals surface area contributed by atoms with Crippen LogP contribution in [0, 0.1) is 6.92 Å². The van der Waals surface area contributed by atoms with E-state index in [-0.39, 0.29) is 5.56 Å². The lowest BCUT2D eigenvalue weighted by Gasteiger charge is -2.11. The molecule has 0 aliphatic rings. The average Bonchev–Trinajstić information content (AvgIpc) is 2.47. The van der Waals surface area contributed by atoms with Crippen molar-refractivity contribution in [2.45, 2.75) is 39.3 Å². The van der Waals surface area contributed by atoms with Gasteiger partial charge in [-0.3, -0.25) is 4.79 Å². The molecule has 2 aromatic rings. The minimum atomic E-state index is 0.0622. The number of nitrogens with two attached hydrogens (primary N) is 1. The largest absolute Gasteiger partial charge is 0.326 e. The number of rotatable bonds is 6. The molecule has 1 heterocycles. The van der Waals surface area contributed by atoms with Crippen LogP contribution in [0.15, 0.2) is 47.3 Å². The van der Waals surface area contributed by atoms with Crippen LogP contribution in [0.25, 0.3) is 0 Å². The highest BCUT2D eigenvalue weighted by Gasteiger charge is 2.04. The predicted molar refractivity (Wildman–Crippen MR) is 82.7 cm³/mol. The summed E-state index contributed by atoms with van der Waals surface area (Å²) >= 11 is 0. The number of aromatic nitrogens is 1. The molecule has 0 fully saturated rings. The summed E-state index contributed by atoms with van der Waals surface area (Å²) in [5, 5.41) is 0. The second-order valence-electron chi connectivity index (χ2n) is 5.10. The molecule has 0 radical (unpaired) electrons. The SMILES string of the molecule is Cc1ccc(CN)c(=O)n1CCCCc1ccccc1. The van der Waals surface area contributed by atoms with E-state index in [0.29, 0.717) is 12.1 Å². The van der Waals surface area contributed by atoms with Gasteiger partial charge in [-0.1, -0.05) is 36.4 Å². The van der Waals surface area contributed by atoms with Crippen molar-refractivity contribution in [3.8, 4) is 0 Å². The Labute approximate surface area is 120 Å². The topological polar surface area (TPSA) is 48.0 Å². The summed E-state index contributed by atoms with van der Waals surface area (Å²) in [5.41, 5.74) is 8.70. The molecule has 0 spiro atoms. The molecule has 1 aromatic heterocycles. The van der Waals surface area contributed by atoms with Gasteiger partial charge in [-0.2, -0.15) is 0 Å². The van der Waals surface area contributed by atoms with E-state index in [0.717, 1.165) is 31.5 Å². The zero-order valence-electron chi connectivity index (χ0n) is 12.0. The highest BCUT2D eigenvalue weighted by molar-refractivity contribution is 5.16. The number of benzene rings is 1. The van der Waals surface area contributed by atoms with Crippen LogP contribution in [0.4, 0.5) is 0 Å². The number of aryl methyl sites for hydroxylation is 2. The molecule has 0 atom stereocenters. The first-order chi connectivity index (χ1) is 9.72. The molecular formula is C17H22N2O. The zero-order chi connectivity index (χ0) is 14.4. The second kappa shape index (κ2) is 7.06. The highest BCUT2D eigenvalue weighted by Crippen LogP contribution is 2.06. The average molecular weight is 270 g/mol. The summed E-state index contributed by atoms with van der Waals surface area (Å²) in [4.78, 5) is 12.2. The standard InChI is InChI=1S/C17H22N2O/c1-14-10-11-16(13-18)17(20)19(14)12-6-5-9-15-7-3-2-4-8-15/h2-4,7-8,10-11H,5-6,9,12-13,18H2,1H3. The number of pyridine rings is 1. The van der Waals surface area contributed by atoms with Gasteiger partial charge in [0, 0.05) is 24.3 Å². The fourth-order valence-electron chi connectivity index (χ4n) is 2.39. The number of nitrogens with zero attached hydrogens (tertiary/aromatic N) is 1. The molecule has 0 saturated heterocycles. The molecule has 3 nitrogen and oxygen atoms in total. The molecule has 3 heteroatoms. The van der Waals surface area contributed by atoms with Crippen molar-refractivity contribution in [3.63, 3.8) is 0 Å². The zero-order valence-corrected chi connectivity index (χ0v) is 12.0. The van der Waals surface area contributed by atoms with Gasteiger partial charge >= 0.3 is 0 Å². The number of hydrogen-bond acceptors (Lipinski definition) is 2. The lowest BCUT2D eigenvalue weighted by Crippen LogP contribution is -2.27. The minimum Gasteiger partial charge on any atom is -0.326 e. The van der Waals surface area contributed by atoms with Gasteiger partial charge in [-0.05, 0) is 37.8 Å². The van der Waals surface area contributed by atoms with E-state index in [9.17, 15) is 4.79 Å². The summed E-state index contributed by atoms with van der Waals surface area (Å²) in [6.07, 6.45) is 3.15. The molecule has 0 aliphatic heterocycles. The van der Waals surface area contributed by atoms with Crippen LogP contribution in [-0.4, -0.2) is 4.57 Å². The Hall–Kier alpha value is -1.87. The maximum Gasteiger partial charge on any atom is 0.255 e. The highest BCUT2D eigenvalue weighted by atomic mass is 16.1. The van der Waals surface area contributed by atoms with Crippen molar-refractivity contribution >= 4 is 0 Å². The number of hydrogen-bond donors (Lipinski definition) is 1. The van der Waals surface area contributed by atoms with E-state index in [1.807, 2.05) is 29.7 Å². The maximum atomic E-state index is 12.2. The Balaban J connectivity index is 1.93. The number of unbranched alkanes of at least 4 members (excludes halogenated alkanes) is 1. The first-order valence-corrected chi connectivity index (χ1v) is 7.15. The fraction of sp³-hybridized carbons (Fsp3) is 0.353. The Kier molecular flexibility index (Phi) is 5.13. The molecule has 0 amide bonds. The van der Waals surface area contributed by atoms with Crippen LogP contribution in [0.5, 0.6) is 0 Å². The first kappa shape index (κ1) is 14.5. The molecule has 0 unspecified atom stereocenters. The van der Waals surface area contributed by atoms with Crippen LogP contribution in [0.2, 0.25) is 0 Å². The van der Waals surface area contributed by atoms with Crippen LogP contribution in [0.1, 0.15) is 29.7 Å². The van der Waals surface area contributed by atoms with Gasteiger partial charge in [-0.25, -0.2) is 0 Å². The van der Waals surface area contributed by atoms with Crippen molar-refractivity contribution in [1.29, 1.82) is 0 Å². The Morgan fingerprint density at radius 2 is 1.80 bits per heavy atom. The van der Waals surface area contributed by atoms with Crippen molar-refractivity contribution < 1.29 is 0 Å². The molecule has 2 rings (SSSR count). The lowest BCUT2D eigenvalue weighted by molar-refractivity contribution is 0.577. The molecule has 106 valence electrons. The van der Waals surface area contributed by atoms with E-state index in [4.69, 9.17) is 5.73 Å². The Morgan fingerprint density at radius 3 is 2.50 bits per heavy atom. The molecule has 20 heavy (non-hydrogen) atoms. The first-order valence-electron chi connectivity index (χ1n) is 7.15. The van der Waals surface area contributed by atoms with Gasteiger partial charge < -0.3 is 10.3 Å². The molecular weight excluding hydrogens is 248 g/mol.